The van der Waals surface area contributed by atoms with Gasteiger partial charge >= 0.3 is 0 Å². The monoisotopic (exact) mass is 426 g/mol. The molecule has 0 spiro atoms. The first-order chi connectivity index (χ1) is 14.8. The number of carbonyl (C=O) groups excluding carboxylic acids is 2. The van der Waals surface area contributed by atoms with Crippen LogP contribution in [0.25, 0.3) is 0 Å². The van der Waals surface area contributed by atoms with Gasteiger partial charge in [-0.25, -0.2) is 4.39 Å². The normalized spacial score (nSPS) is 14.8. The fraction of sp³-hybridized carbons (Fsp3) is 0.440. The molecule has 0 saturated heterocycles. The molecule has 1 atom stereocenters. The van der Waals surface area contributed by atoms with Gasteiger partial charge in [-0.1, -0.05) is 37.1 Å². The summed E-state index contributed by atoms with van der Waals surface area (Å²) in [6.07, 6.45) is 4.10. The summed E-state index contributed by atoms with van der Waals surface area (Å²) in [5.41, 5.74) is 2.57. The van der Waals surface area contributed by atoms with Crippen LogP contribution < -0.4 is 10.1 Å². The highest BCUT2D eigenvalue weighted by molar-refractivity contribution is 5.88. The van der Waals surface area contributed by atoms with E-state index in [1.807, 2.05) is 32.0 Å². The standard InChI is InChI=1S/C25H31FN2O3/c1-17-12-13-22(14-18(17)2)31-16-24(29)28(15-20-8-4-7-11-23(20)26)19(3)25(30)27-21-9-5-6-10-21/h4,7-8,11-14,19,21H,5-6,9-10,15-16H2,1-3H3,(H,27,30)/t19-/m1/s1. The van der Waals surface area contributed by atoms with E-state index in [-0.39, 0.29) is 31.0 Å². The van der Waals surface area contributed by atoms with Crippen LogP contribution in [-0.4, -0.2) is 35.4 Å². The Morgan fingerprint density at radius 2 is 1.84 bits per heavy atom. The molecule has 1 N–H and O–H groups in total. The van der Waals surface area contributed by atoms with Crippen molar-refractivity contribution in [3.8, 4) is 5.75 Å². The Balaban J connectivity index is 1.73. The van der Waals surface area contributed by atoms with Crippen molar-refractivity contribution in [3.05, 3.63) is 65.0 Å². The SMILES string of the molecule is Cc1ccc(OCC(=O)N(Cc2ccccc2F)[C@H](C)C(=O)NC2CCCC2)cc1C. The topological polar surface area (TPSA) is 58.6 Å². The van der Waals surface area contributed by atoms with E-state index in [0.717, 1.165) is 36.8 Å². The van der Waals surface area contributed by atoms with E-state index < -0.39 is 11.9 Å². The maximum absolute atomic E-state index is 14.3. The molecule has 6 heteroatoms. The molecular weight excluding hydrogens is 395 g/mol. The van der Waals surface area contributed by atoms with Gasteiger partial charge in [0.2, 0.25) is 5.91 Å². The van der Waals surface area contributed by atoms with Crippen LogP contribution in [-0.2, 0) is 16.1 Å². The van der Waals surface area contributed by atoms with Crippen LogP contribution in [0.3, 0.4) is 0 Å². The Bertz CT molecular complexity index is 925. The number of nitrogens with one attached hydrogen (secondary N) is 1. The second-order valence-corrected chi connectivity index (χ2v) is 8.31. The van der Waals surface area contributed by atoms with E-state index in [4.69, 9.17) is 4.74 Å². The zero-order valence-corrected chi connectivity index (χ0v) is 18.5. The van der Waals surface area contributed by atoms with E-state index in [1.165, 1.54) is 11.0 Å². The maximum atomic E-state index is 14.3. The third kappa shape index (κ3) is 6.06. The van der Waals surface area contributed by atoms with Crippen molar-refractivity contribution in [2.75, 3.05) is 6.61 Å². The fourth-order valence-corrected chi connectivity index (χ4v) is 3.82. The lowest BCUT2D eigenvalue weighted by molar-refractivity contribution is -0.142. The fourth-order valence-electron chi connectivity index (χ4n) is 3.82. The number of aryl methyl sites for hydroxylation is 2. The van der Waals surface area contributed by atoms with E-state index in [1.54, 1.807) is 25.1 Å². The number of carbonyl (C=O) groups is 2. The van der Waals surface area contributed by atoms with Crippen LogP contribution in [0.4, 0.5) is 4.39 Å². The van der Waals surface area contributed by atoms with Crippen molar-refractivity contribution in [3.63, 3.8) is 0 Å². The van der Waals surface area contributed by atoms with Crippen molar-refractivity contribution < 1.29 is 18.7 Å². The quantitative estimate of drug-likeness (QED) is 0.685. The summed E-state index contributed by atoms with van der Waals surface area (Å²) in [5, 5.41) is 3.03. The van der Waals surface area contributed by atoms with Crippen LogP contribution in [0.15, 0.2) is 42.5 Å². The molecule has 3 rings (SSSR count). The summed E-state index contributed by atoms with van der Waals surface area (Å²) < 4.78 is 20.0. The van der Waals surface area contributed by atoms with E-state index >= 15 is 0 Å². The van der Waals surface area contributed by atoms with Crippen LogP contribution in [0, 0.1) is 19.7 Å². The zero-order chi connectivity index (χ0) is 22.4. The maximum Gasteiger partial charge on any atom is 0.261 e. The lowest BCUT2D eigenvalue weighted by Gasteiger charge is -2.29. The minimum Gasteiger partial charge on any atom is -0.484 e. The Morgan fingerprint density at radius 3 is 2.52 bits per heavy atom. The van der Waals surface area contributed by atoms with E-state index in [0.29, 0.717) is 11.3 Å². The van der Waals surface area contributed by atoms with Crippen molar-refractivity contribution in [2.24, 2.45) is 0 Å². The van der Waals surface area contributed by atoms with Gasteiger partial charge in [-0.05, 0) is 62.9 Å². The van der Waals surface area contributed by atoms with Gasteiger partial charge in [0.1, 0.15) is 17.6 Å². The highest BCUT2D eigenvalue weighted by Gasteiger charge is 2.29. The number of hydrogen-bond acceptors (Lipinski definition) is 3. The van der Waals surface area contributed by atoms with Crippen LogP contribution in [0.1, 0.15) is 49.3 Å². The Kier molecular flexibility index (Phi) is 7.66. The number of amides is 2. The predicted octanol–water partition coefficient (Wildman–Crippen LogP) is 4.30. The summed E-state index contributed by atoms with van der Waals surface area (Å²) in [5.74, 6) is -0.401. The summed E-state index contributed by atoms with van der Waals surface area (Å²) in [6.45, 7) is 5.44. The highest BCUT2D eigenvalue weighted by Crippen LogP contribution is 2.20. The third-order valence-electron chi connectivity index (χ3n) is 6.01. The van der Waals surface area contributed by atoms with Gasteiger partial charge in [0, 0.05) is 18.2 Å². The molecule has 1 saturated carbocycles. The van der Waals surface area contributed by atoms with Gasteiger partial charge in [-0.3, -0.25) is 9.59 Å². The smallest absolute Gasteiger partial charge is 0.261 e. The largest absolute Gasteiger partial charge is 0.484 e. The number of halogens is 1. The first kappa shape index (κ1) is 22.8. The Labute approximate surface area is 183 Å². The Hall–Kier alpha value is -2.89. The molecule has 1 aliphatic carbocycles. The molecule has 0 radical (unpaired) electrons. The summed E-state index contributed by atoms with van der Waals surface area (Å²) in [7, 11) is 0. The minimum absolute atomic E-state index is 0.00104. The molecule has 0 heterocycles. The average molecular weight is 427 g/mol. The summed E-state index contributed by atoms with van der Waals surface area (Å²) in [6, 6.07) is 11.3. The highest BCUT2D eigenvalue weighted by atomic mass is 19.1. The van der Waals surface area contributed by atoms with Crippen molar-refractivity contribution in [2.45, 2.75) is 65.1 Å². The molecule has 0 aliphatic heterocycles. The predicted molar refractivity (Wildman–Crippen MR) is 118 cm³/mol. The molecule has 31 heavy (non-hydrogen) atoms. The Morgan fingerprint density at radius 1 is 1.13 bits per heavy atom. The molecule has 1 aliphatic rings. The molecule has 0 aromatic heterocycles. The second-order valence-electron chi connectivity index (χ2n) is 8.31. The van der Waals surface area contributed by atoms with Gasteiger partial charge in [0.05, 0.1) is 0 Å². The average Bonchev–Trinajstić information content (AvgIpc) is 3.26. The minimum atomic E-state index is -0.740. The number of nitrogens with zero attached hydrogens (tertiary/aromatic N) is 1. The first-order valence-corrected chi connectivity index (χ1v) is 10.9. The van der Waals surface area contributed by atoms with Gasteiger partial charge in [-0.15, -0.1) is 0 Å². The zero-order valence-electron chi connectivity index (χ0n) is 18.5. The van der Waals surface area contributed by atoms with Crippen LogP contribution in [0.2, 0.25) is 0 Å². The van der Waals surface area contributed by atoms with Crippen LogP contribution in [0.5, 0.6) is 5.75 Å². The van der Waals surface area contributed by atoms with Gasteiger partial charge in [0.15, 0.2) is 6.61 Å². The van der Waals surface area contributed by atoms with E-state index in [9.17, 15) is 14.0 Å². The lowest BCUT2D eigenvalue weighted by atomic mass is 10.1. The number of benzene rings is 2. The molecule has 0 unspecified atom stereocenters. The first-order valence-electron chi connectivity index (χ1n) is 10.9. The molecule has 2 aromatic carbocycles. The third-order valence-corrected chi connectivity index (χ3v) is 6.01. The van der Waals surface area contributed by atoms with Gasteiger partial charge < -0.3 is 15.0 Å². The number of ether oxygens (including phenoxy) is 1. The summed E-state index contributed by atoms with van der Waals surface area (Å²) >= 11 is 0. The summed E-state index contributed by atoms with van der Waals surface area (Å²) in [4.78, 5) is 27.3. The molecule has 1 fully saturated rings. The molecular formula is C25H31FN2O3. The molecule has 5 nitrogen and oxygen atoms in total. The van der Waals surface area contributed by atoms with Crippen molar-refractivity contribution in [1.29, 1.82) is 0 Å². The number of rotatable bonds is 8. The van der Waals surface area contributed by atoms with Crippen molar-refractivity contribution in [1.82, 2.24) is 10.2 Å². The van der Waals surface area contributed by atoms with E-state index in [2.05, 4.69) is 5.32 Å². The molecule has 166 valence electrons. The van der Waals surface area contributed by atoms with Crippen molar-refractivity contribution >= 4 is 11.8 Å². The molecule has 2 amide bonds. The second kappa shape index (κ2) is 10.4. The lowest BCUT2D eigenvalue weighted by Crippen LogP contribution is -2.50. The molecule has 2 aromatic rings. The van der Waals surface area contributed by atoms with Crippen LogP contribution >= 0.6 is 0 Å². The van der Waals surface area contributed by atoms with Gasteiger partial charge in [-0.2, -0.15) is 0 Å². The molecule has 0 bridgehead atoms. The van der Waals surface area contributed by atoms with Gasteiger partial charge in [0.25, 0.3) is 5.91 Å². The number of hydrogen-bond donors (Lipinski definition) is 1.